The second-order valence-electron chi connectivity index (χ2n) is 8.03. The molecule has 4 aromatic rings. The van der Waals surface area contributed by atoms with Crippen molar-refractivity contribution >= 4 is 33.1 Å². The highest BCUT2D eigenvalue weighted by atomic mass is 32.1. The molecular formula is C23H23N5O2S. The van der Waals surface area contributed by atoms with Gasteiger partial charge in [-0.1, -0.05) is 11.6 Å². The lowest BCUT2D eigenvalue weighted by Crippen LogP contribution is -2.48. The average molecular weight is 434 g/mol. The van der Waals surface area contributed by atoms with Gasteiger partial charge in [-0.2, -0.15) is 0 Å². The van der Waals surface area contributed by atoms with Gasteiger partial charge in [-0.3, -0.25) is 23.9 Å². The van der Waals surface area contributed by atoms with Gasteiger partial charge in [0.05, 0.1) is 22.5 Å². The lowest BCUT2D eigenvalue weighted by molar-refractivity contribution is 0.0626. The van der Waals surface area contributed by atoms with Crippen molar-refractivity contribution in [2.75, 3.05) is 26.2 Å². The van der Waals surface area contributed by atoms with Gasteiger partial charge in [0.25, 0.3) is 11.5 Å². The number of amides is 1. The van der Waals surface area contributed by atoms with Crippen LogP contribution in [0.2, 0.25) is 0 Å². The molecule has 8 heteroatoms. The number of aromatic nitrogens is 3. The number of hydrogen-bond donors (Lipinski definition) is 0. The van der Waals surface area contributed by atoms with E-state index in [1.807, 2.05) is 42.3 Å². The van der Waals surface area contributed by atoms with E-state index in [0.717, 1.165) is 40.9 Å². The van der Waals surface area contributed by atoms with Gasteiger partial charge in [0.15, 0.2) is 4.96 Å². The SMILES string of the molecule is Cc1ccc2nc(C)c(C(=O)N3CCN(Cc4cc(=O)n5ccsc5n4)CC3)cc2c1. The quantitative estimate of drug-likeness (QED) is 0.497. The van der Waals surface area contributed by atoms with E-state index in [4.69, 9.17) is 0 Å². The van der Waals surface area contributed by atoms with Crippen LogP contribution in [0.25, 0.3) is 15.9 Å². The molecule has 3 aromatic heterocycles. The van der Waals surface area contributed by atoms with Gasteiger partial charge in [0, 0.05) is 55.8 Å². The number of nitrogens with zero attached hydrogens (tertiary/aromatic N) is 5. The minimum absolute atomic E-state index is 0.0319. The number of fused-ring (bicyclic) bond motifs is 2. The molecule has 1 aliphatic rings. The Morgan fingerprint density at radius 3 is 2.68 bits per heavy atom. The topological polar surface area (TPSA) is 70.8 Å². The number of aryl methyl sites for hydroxylation is 2. The van der Waals surface area contributed by atoms with E-state index >= 15 is 0 Å². The molecule has 1 saturated heterocycles. The molecule has 0 saturated carbocycles. The summed E-state index contributed by atoms with van der Waals surface area (Å²) in [6, 6.07) is 9.67. The Hall–Kier alpha value is -3.10. The molecule has 1 aliphatic heterocycles. The van der Waals surface area contributed by atoms with Crippen LogP contribution < -0.4 is 5.56 Å². The summed E-state index contributed by atoms with van der Waals surface area (Å²) in [5, 5.41) is 2.86. The minimum Gasteiger partial charge on any atom is -0.336 e. The zero-order valence-electron chi connectivity index (χ0n) is 17.5. The fourth-order valence-electron chi connectivity index (χ4n) is 4.09. The summed E-state index contributed by atoms with van der Waals surface area (Å²) in [6.45, 7) is 7.33. The van der Waals surface area contributed by atoms with Crippen molar-refractivity contribution in [3.05, 3.63) is 74.8 Å². The van der Waals surface area contributed by atoms with E-state index in [9.17, 15) is 9.59 Å². The van der Waals surface area contributed by atoms with E-state index < -0.39 is 0 Å². The maximum atomic E-state index is 13.2. The third-order valence-corrected chi connectivity index (χ3v) is 6.55. The first kappa shape index (κ1) is 19.8. The Balaban J connectivity index is 1.28. The highest BCUT2D eigenvalue weighted by molar-refractivity contribution is 7.15. The van der Waals surface area contributed by atoms with Gasteiger partial charge in [-0.25, -0.2) is 4.98 Å². The van der Waals surface area contributed by atoms with Crippen molar-refractivity contribution in [2.45, 2.75) is 20.4 Å². The molecule has 4 heterocycles. The molecule has 0 unspecified atom stereocenters. The Morgan fingerprint density at radius 1 is 1.06 bits per heavy atom. The second-order valence-corrected chi connectivity index (χ2v) is 8.90. The van der Waals surface area contributed by atoms with Gasteiger partial charge in [-0.05, 0) is 32.0 Å². The van der Waals surface area contributed by atoms with Crippen LogP contribution in [0.1, 0.15) is 27.3 Å². The van der Waals surface area contributed by atoms with E-state index in [1.54, 1.807) is 16.7 Å². The van der Waals surface area contributed by atoms with Crippen LogP contribution >= 0.6 is 11.3 Å². The number of rotatable bonds is 3. The molecular weight excluding hydrogens is 410 g/mol. The molecule has 0 spiro atoms. The van der Waals surface area contributed by atoms with Crippen molar-refractivity contribution in [1.29, 1.82) is 0 Å². The number of carbonyl (C=O) groups is 1. The number of benzene rings is 1. The first-order valence-corrected chi connectivity index (χ1v) is 11.2. The molecule has 1 amide bonds. The van der Waals surface area contributed by atoms with Crippen molar-refractivity contribution in [3.63, 3.8) is 0 Å². The van der Waals surface area contributed by atoms with Crippen LogP contribution in [0.5, 0.6) is 0 Å². The van der Waals surface area contributed by atoms with Crippen LogP contribution in [0.3, 0.4) is 0 Å². The molecule has 1 aromatic carbocycles. The fraction of sp³-hybridized carbons (Fsp3) is 0.304. The molecule has 158 valence electrons. The summed E-state index contributed by atoms with van der Waals surface area (Å²) < 4.78 is 1.56. The standard InChI is InChI=1S/C23H23N5O2S/c1-15-3-4-20-17(11-15)12-19(16(2)24-20)22(30)27-7-5-26(6-8-27)14-18-13-21(29)28-9-10-31-23(28)25-18/h3-4,9-13H,5-8,14H2,1-2H3. The minimum atomic E-state index is -0.0513. The second kappa shape index (κ2) is 7.86. The normalized spacial score (nSPS) is 15.1. The largest absolute Gasteiger partial charge is 0.336 e. The van der Waals surface area contributed by atoms with E-state index in [1.165, 1.54) is 11.3 Å². The molecule has 0 N–H and O–H groups in total. The molecule has 0 atom stereocenters. The molecule has 0 radical (unpaired) electrons. The van der Waals surface area contributed by atoms with Gasteiger partial charge in [0.2, 0.25) is 0 Å². The first-order chi connectivity index (χ1) is 15.0. The molecule has 7 nitrogen and oxygen atoms in total. The summed E-state index contributed by atoms with van der Waals surface area (Å²) in [6.07, 6.45) is 1.74. The summed E-state index contributed by atoms with van der Waals surface area (Å²) in [4.78, 5) is 39.5. The summed E-state index contributed by atoms with van der Waals surface area (Å²) in [7, 11) is 0. The number of carbonyl (C=O) groups excluding carboxylic acids is 1. The molecule has 5 rings (SSSR count). The Kier molecular flexibility index (Phi) is 5.03. The predicted molar refractivity (Wildman–Crippen MR) is 122 cm³/mol. The lowest BCUT2D eigenvalue weighted by atomic mass is 10.1. The zero-order valence-corrected chi connectivity index (χ0v) is 18.4. The van der Waals surface area contributed by atoms with Crippen LogP contribution in [0.4, 0.5) is 0 Å². The van der Waals surface area contributed by atoms with E-state index in [0.29, 0.717) is 30.2 Å². The Morgan fingerprint density at radius 2 is 1.87 bits per heavy atom. The molecule has 0 bridgehead atoms. The van der Waals surface area contributed by atoms with E-state index in [-0.39, 0.29) is 11.5 Å². The Bertz CT molecular complexity index is 1350. The molecule has 0 aliphatic carbocycles. The predicted octanol–water partition coefficient (Wildman–Crippen LogP) is 2.88. The highest BCUT2D eigenvalue weighted by Crippen LogP contribution is 2.20. The summed E-state index contributed by atoms with van der Waals surface area (Å²) >= 11 is 1.46. The van der Waals surface area contributed by atoms with Gasteiger partial charge in [0.1, 0.15) is 0 Å². The zero-order chi connectivity index (χ0) is 21.5. The van der Waals surface area contributed by atoms with Crippen LogP contribution in [0.15, 0.2) is 46.7 Å². The molecule has 1 fully saturated rings. The highest BCUT2D eigenvalue weighted by Gasteiger charge is 2.24. The average Bonchev–Trinajstić information content (AvgIpc) is 3.23. The number of piperazine rings is 1. The Labute approximate surface area is 183 Å². The smallest absolute Gasteiger partial charge is 0.258 e. The van der Waals surface area contributed by atoms with Crippen LogP contribution in [0, 0.1) is 13.8 Å². The third kappa shape index (κ3) is 3.84. The van der Waals surface area contributed by atoms with Gasteiger partial charge >= 0.3 is 0 Å². The molecule has 31 heavy (non-hydrogen) atoms. The number of hydrogen-bond acceptors (Lipinski definition) is 6. The van der Waals surface area contributed by atoms with Crippen molar-refractivity contribution in [1.82, 2.24) is 24.2 Å². The fourth-order valence-corrected chi connectivity index (χ4v) is 4.82. The maximum absolute atomic E-state index is 13.2. The number of thiazole rings is 1. The van der Waals surface area contributed by atoms with E-state index in [2.05, 4.69) is 20.9 Å². The first-order valence-electron chi connectivity index (χ1n) is 10.3. The van der Waals surface area contributed by atoms with Crippen LogP contribution in [-0.2, 0) is 6.54 Å². The maximum Gasteiger partial charge on any atom is 0.258 e. The summed E-state index contributed by atoms with van der Waals surface area (Å²) in [5.74, 6) is 0.0319. The number of pyridine rings is 1. The summed E-state index contributed by atoms with van der Waals surface area (Å²) in [5.41, 5.74) is 4.22. The van der Waals surface area contributed by atoms with Gasteiger partial charge < -0.3 is 4.90 Å². The van der Waals surface area contributed by atoms with Crippen molar-refractivity contribution in [2.24, 2.45) is 0 Å². The van der Waals surface area contributed by atoms with Crippen molar-refractivity contribution < 1.29 is 4.79 Å². The van der Waals surface area contributed by atoms with Crippen LogP contribution in [-0.4, -0.2) is 56.3 Å². The lowest BCUT2D eigenvalue weighted by Gasteiger charge is -2.34. The monoisotopic (exact) mass is 433 g/mol. The third-order valence-electron chi connectivity index (χ3n) is 5.79. The van der Waals surface area contributed by atoms with Crippen molar-refractivity contribution in [3.8, 4) is 0 Å². The van der Waals surface area contributed by atoms with Gasteiger partial charge in [-0.15, -0.1) is 11.3 Å².